The third-order valence-electron chi connectivity index (χ3n) is 3.53. The minimum Gasteiger partial charge on any atom is -0.424 e. The van der Waals surface area contributed by atoms with Crippen molar-refractivity contribution in [1.29, 1.82) is 5.26 Å². The molecule has 0 amide bonds. The summed E-state index contributed by atoms with van der Waals surface area (Å²) in [6.45, 7) is 2.03. The van der Waals surface area contributed by atoms with Gasteiger partial charge in [0.15, 0.2) is 5.58 Å². The van der Waals surface area contributed by atoms with Crippen molar-refractivity contribution < 1.29 is 4.42 Å². The Labute approximate surface area is 106 Å². The van der Waals surface area contributed by atoms with Crippen LogP contribution < -0.4 is 5.32 Å². The van der Waals surface area contributed by atoms with Gasteiger partial charge in [-0.25, -0.2) is 0 Å². The first-order chi connectivity index (χ1) is 8.76. The van der Waals surface area contributed by atoms with E-state index in [1.165, 1.54) is 0 Å². The second kappa shape index (κ2) is 4.34. The van der Waals surface area contributed by atoms with Gasteiger partial charge < -0.3 is 9.73 Å². The van der Waals surface area contributed by atoms with Gasteiger partial charge in [0, 0.05) is 6.04 Å². The van der Waals surface area contributed by atoms with Gasteiger partial charge in [-0.05, 0) is 43.9 Å². The van der Waals surface area contributed by atoms with E-state index in [0.717, 1.165) is 35.9 Å². The van der Waals surface area contributed by atoms with E-state index in [1.807, 2.05) is 25.1 Å². The number of nitriles is 1. The van der Waals surface area contributed by atoms with Gasteiger partial charge in [-0.15, -0.1) is 0 Å². The molecule has 92 valence electrons. The van der Waals surface area contributed by atoms with Gasteiger partial charge in [-0.3, -0.25) is 0 Å². The predicted octanol–water partition coefficient (Wildman–Crippen LogP) is 3.24. The number of hydrogen-bond acceptors (Lipinski definition) is 4. The quantitative estimate of drug-likeness (QED) is 0.876. The third kappa shape index (κ3) is 1.92. The molecule has 1 saturated carbocycles. The summed E-state index contributed by atoms with van der Waals surface area (Å²) in [6.07, 6.45) is 3.07. The maximum absolute atomic E-state index is 9.05. The van der Waals surface area contributed by atoms with Crippen LogP contribution in [0.4, 0.5) is 6.01 Å². The minimum atomic E-state index is 0.0711. The zero-order valence-corrected chi connectivity index (χ0v) is 10.3. The highest BCUT2D eigenvalue weighted by Crippen LogP contribution is 2.29. The van der Waals surface area contributed by atoms with Gasteiger partial charge in [0.1, 0.15) is 5.52 Å². The normalized spacial score (nSPS) is 23.1. The first kappa shape index (κ1) is 11.1. The zero-order chi connectivity index (χ0) is 12.5. The smallest absolute Gasteiger partial charge is 0.295 e. The second-order valence-corrected chi connectivity index (χ2v) is 4.91. The molecule has 2 aromatic rings. The number of oxazole rings is 1. The lowest BCUT2D eigenvalue weighted by atomic mass is 10.1. The summed E-state index contributed by atoms with van der Waals surface area (Å²) in [5, 5.41) is 12.3. The maximum atomic E-state index is 9.05. The third-order valence-corrected chi connectivity index (χ3v) is 3.53. The molecule has 1 heterocycles. The van der Waals surface area contributed by atoms with Crippen LogP contribution in [0.3, 0.4) is 0 Å². The highest BCUT2D eigenvalue weighted by atomic mass is 16.4. The average molecular weight is 241 g/mol. The van der Waals surface area contributed by atoms with Crippen LogP contribution in [0, 0.1) is 24.2 Å². The lowest BCUT2D eigenvalue weighted by Crippen LogP contribution is -2.22. The molecule has 1 fully saturated rings. The van der Waals surface area contributed by atoms with Crippen molar-refractivity contribution in [3.05, 3.63) is 23.8 Å². The van der Waals surface area contributed by atoms with Gasteiger partial charge in [-0.2, -0.15) is 10.2 Å². The molecule has 0 radical (unpaired) electrons. The molecule has 0 spiro atoms. The van der Waals surface area contributed by atoms with Crippen molar-refractivity contribution in [2.75, 3.05) is 5.32 Å². The second-order valence-electron chi connectivity index (χ2n) is 4.91. The number of rotatable bonds is 2. The first-order valence-corrected chi connectivity index (χ1v) is 6.29. The molecule has 3 rings (SSSR count). The molecule has 1 aromatic heterocycles. The van der Waals surface area contributed by atoms with E-state index in [9.17, 15) is 0 Å². The summed E-state index contributed by atoms with van der Waals surface area (Å²) < 4.78 is 5.65. The van der Waals surface area contributed by atoms with Gasteiger partial charge in [0.2, 0.25) is 0 Å². The Morgan fingerprint density at radius 2 is 2.33 bits per heavy atom. The molecular formula is C14H15N3O. The van der Waals surface area contributed by atoms with Crippen molar-refractivity contribution in [3.8, 4) is 6.07 Å². The molecular weight excluding hydrogens is 226 g/mol. The van der Waals surface area contributed by atoms with Gasteiger partial charge in [-0.1, -0.05) is 6.07 Å². The number of aromatic nitrogens is 1. The fourth-order valence-electron chi connectivity index (χ4n) is 2.55. The number of nitrogens with one attached hydrogen (secondary N) is 1. The molecule has 0 saturated heterocycles. The Balaban J connectivity index is 1.85. The summed E-state index contributed by atoms with van der Waals surface area (Å²) in [5.41, 5.74) is 2.82. The SMILES string of the molecule is Cc1ccc2oc(N[C@H]3CCC[C@@H]3C#N)nc2c1. The van der Waals surface area contributed by atoms with Gasteiger partial charge >= 0.3 is 0 Å². The van der Waals surface area contributed by atoms with Crippen LogP contribution in [-0.2, 0) is 0 Å². The largest absolute Gasteiger partial charge is 0.424 e. The summed E-state index contributed by atoms with van der Waals surface area (Å²) in [6, 6.07) is 8.98. The number of hydrogen-bond donors (Lipinski definition) is 1. The standard InChI is InChI=1S/C14H15N3O/c1-9-5-6-13-12(7-9)17-14(18-13)16-11-4-2-3-10(11)8-15/h5-7,10-11H,2-4H2,1H3,(H,16,17)/t10-,11+/m1/s1. The number of aryl methyl sites for hydroxylation is 1. The highest BCUT2D eigenvalue weighted by Gasteiger charge is 2.28. The molecule has 4 nitrogen and oxygen atoms in total. The van der Waals surface area contributed by atoms with Crippen molar-refractivity contribution in [1.82, 2.24) is 4.98 Å². The summed E-state index contributed by atoms with van der Waals surface area (Å²) >= 11 is 0. The van der Waals surface area contributed by atoms with E-state index in [2.05, 4.69) is 16.4 Å². The molecule has 0 bridgehead atoms. The van der Waals surface area contributed by atoms with Crippen LogP contribution in [0.15, 0.2) is 22.6 Å². The van der Waals surface area contributed by atoms with E-state index in [1.54, 1.807) is 0 Å². The highest BCUT2D eigenvalue weighted by molar-refractivity contribution is 5.75. The molecule has 0 unspecified atom stereocenters. The molecule has 1 aliphatic carbocycles. The van der Waals surface area contributed by atoms with Crippen LogP contribution in [0.1, 0.15) is 24.8 Å². The fraction of sp³-hybridized carbons (Fsp3) is 0.429. The van der Waals surface area contributed by atoms with E-state index in [0.29, 0.717) is 6.01 Å². The summed E-state index contributed by atoms with van der Waals surface area (Å²) in [4.78, 5) is 4.42. The number of fused-ring (bicyclic) bond motifs is 1. The van der Waals surface area contributed by atoms with Crippen molar-refractivity contribution in [3.63, 3.8) is 0 Å². The number of benzene rings is 1. The zero-order valence-electron chi connectivity index (χ0n) is 10.3. The molecule has 1 aliphatic rings. The molecule has 18 heavy (non-hydrogen) atoms. The van der Waals surface area contributed by atoms with Gasteiger partial charge in [0.25, 0.3) is 6.01 Å². The Hall–Kier alpha value is -2.02. The van der Waals surface area contributed by atoms with Crippen LogP contribution >= 0.6 is 0 Å². The van der Waals surface area contributed by atoms with Crippen LogP contribution in [0.25, 0.3) is 11.1 Å². The lowest BCUT2D eigenvalue weighted by molar-refractivity contribution is 0.565. The lowest BCUT2D eigenvalue weighted by Gasteiger charge is -2.12. The molecule has 2 atom stereocenters. The Morgan fingerprint density at radius 3 is 3.17 bits per heavy atom. The predicted molar refractivity (Wildman–Crippen MR) is 69.1 cm³/mol. The summed E-state index contributed by atoms with van der Waals surface area (Å²) in [7, 11) is 0. The van der Waals surface area contributed by atoms with E-state index >= 15 is 0 Å². The van der Waals surface area contributed by atoms with Crippen molar-refractivity contribution in [2.24, 2.45) is 5.92 Å². The molecule has 1 N–H and O–H groups in total. The Bertz CT molecular complexity index is 611. The Morgan fingerprint density at radius 1 is 1.44 bits per heavy atom. The monoisotopic (exact) mass is 241 g/mol. The first-order valence-electron chi connectivity index (χ1n) is 6.29. The maximum Gasteiger partial charge on any atom is 0.295 e. The van der Waals surface area contributed by atoms with Gasteiger partial charge in [0.05, 0.1) is 12.0 Å². The molecule has 4 heteroatoms. The van der Waals surface area contributed by atoms with Crippen molar-refractivity contribution >= 4 is 17.1 Å². The van der Waals surface area contributed by atoms with Crippen LogP contribution in [0.5, 0.6) is 0 Å². The van der Waals surface area contributed by atoms with Crippen LogP contribution in [-0.4, -0.2) is 11.0 Å². The number of nitrogens with zero attached hydrogens (tertiary/aromatic N) is 2. The van der Waals surface area contributed by atoms with E-state index in [4.69, 9.17) is 9.68 Å². The van der Waals surface area contributed by atoms with E-state index < -0.39 is 0 Å². The minimum absolute atomic E-state index is 0.0711. The summed E-state index contributed by atoms with van der Waals surface area (Å²) in [5.74, 6) is 0.0711. The molecule has 0 aliphatic heterocycles. The molecule has 1 aromatic carbocycles. The fourth-order valence-corrected chi connectivity index (χ4v) is 2.55. The Kier molecular flexibility index (Phi) is 2.67. The van der Waals surface area contributed by atoms with Crippen LogP contribution in [0.2, 0.25) is 0 Å². The number of anilines is 1. The van der Waals surface area contributed by atoms with E-state index in [-0.39, 0.29) is 12.0 Å². The average Bonchev–Trinajstić information content (AvgIpc) is 2.94. The topological polar surface area (TPSA) is 61.9 Å². The van der Waals surface area contributed by atoms with Crippen molar-refractivity contribution in [2.45, 2.75) is 32.2 Å².